The SMILES string of the molecule is COc1cccc(CC(C)NC(=O)NC(C)c2cnn(C)c2)c1. The van der Waals surface area contributed by atoms with Gasteiger partial charge in [0.2, 0.25) is 0 Å². The third kappa shape index (κ3) is 5.02. The fourth-order valence-corrected chi connectivity index (χ4v) is 2.41. The number of rotatable bonds is 6. The number of amides is 2. The fraction of sp³-hybridized carbons (Fsp3) is 0.412. The minimum absolute atomic E-state index is 0.0169. The molecule has 6 heteroatoms. The Labute approximate surface area is 136 Å². The van der Waals surface area contributed by atoms with Crippen LogP contribution in [0.4, 0.5) is 4.79 Å². The first-order chi connectivity index (χ1) is 11.0. The topological polar surface area (TPSA) is 68.2 Å². The van der Waals surface area contributed by atoms with Crippen molar-refractivity contribution in [1.82, 2.24) is 20.4 Å². The second-order valence-corrected chi connectivity index (χ2v) is 5.74. The maximum absolute atomic E-state index is 12.1. The van der Waals surface area contributed by atoms with Gasteiger partial charge in [-0.1, -0.05) is 12.1 Å². The number of nitrogens with zero attached hydrogens (tertiary/aromatic N) is 2. The largest absolute Gasteiger partial charge is 0.497 e. The van der Waals surface area contributed by atoms with Crippen LogP contribution < -0.4 is 15.4 Å². The van der Waals surface area contributed by atoms with Crippen molar-refractivity contribution in [2.24, 2.45) is 7.05 Å². The van der Waals surface area contributed by atoms with E-state index in [-0.39, 0.29) is 18.1 Å². The van der Waals surface area contributed by atoms with Crippen molar-refractivity contribution in [2.45, 2.75) is 32.4 Å². The average Bonchev–Trinajstić information content (AvgIpc) is 2.93. The first-order valence-electron chi connectivity index (χ1n) is 7.66. The molecule has 1 heterocycles. The molecule has 2 unspecified atom stereocenters. The van der Waals surface area contributed by atoms with Crippen molar-refractivity contribution in [1.29, 1.82) is 0 Å². The van der Waals surface area contributed by atoms with Crippen LogP contribution in [0, 0.1) is 0 Å². The Balaban J connectivity index is 1.84. The number of benzene rings is 1. The molecule has 2 rings (SSSR count). The molecule has 1 aromatic carbocycles. The second kappa shape index (κ2) is 7.67. The average molecular weight is 316 g/mol. The van der Waals surface area contributed by atoms with Crippen molar-refractivity contribution in [3.63, 3.8) is 0 Å². The lowest BCUT2D eigenvalue weighted by molar-refractivity contribution is 0.234. The molecule has 124 valence electrons. The molecule has 2 atom stereocenters. The zero-order chi connectivity index (χ0) is 16.8. The number of carbonyl (C=O) groups excluding carboxylic acids is 1. The number of hydrogen-bond donors (Lipinski definition) is 2. The Hall–Kier alpha value is -2.50. The van der Waals surface area contributed by atoms with Crippen LogP contribution in [-0.4, -0.2) is 29.0 Å². The number of nitrogens with one attached hydrogen (secondary N) is 2. The summed E-state index contributed by atoms with van der Waals surface area (Å²) in [7, 11) is 3.50. The second-order valence-electron chi connectivity index (χ2n) is 5.74. The van der Waals surface area contributed by atoms with Gasteiger partial charge in [0, 0.05) is 24.8 Å². The van der Waals surface area contributed by atoms with Crippen molar-refractivity contribution < 1.29 is 9.53 Å². The summed E-state index contributed by atoms with van der Waals surface area (Å²) >= 11 is 0. The molecule has 0 saturated heterocycles. The normalized spacial score (nSPS) is 13.2. The van der Waals surface area contributed by atoms with Gasteiger partial charge in [-0.25, -0.2) is 4.79 Å². The minimum Gasteiger partial charge on any atom is -0.497 e. The lowest BCUT2D eigenvalue weighted by Crippen LogP contribution is -2.42. The van der Waals surface area contributed by atoms with Gasteiger partial charge in [-0.05, 0) is 38.0 Å². The van der Waals surface area contributed by atoms with Crippen molar-refractivity contribution >= 4 is 6.03 Å². The third-order valence-corrected chi connectivity index (χ3v) is 3.63. The van der Waals surface area contributed by atoms with Gasteiger partial charge in [0.05, 0.1) is 19.3 Å². The molecule has 2 N–H and O–H groups in total. The Morgan fingerprint density at radius 1 is 1.35 bits per heavy atom. The van der Waals surface area contributed by atoms with Crippen LogP contribution in [0.5, 0.6) is 5.75 Å². The monoisotopic (exact) mass is 316 g/mol. The van der Waals surface area contributed by atoms with Gasteiger partial charge < -0.3 is 15.4 Å². The Morgan fingerprint density at radius 2 is 2.13 bits per heavy atom. The molecular formula is C17H24N4O2. The number of aromatic nitrogens is 2. The van der Waals surface area contributed by atoms with Crippen LogP contribution in [0.15, 0.2) is 36.7 Å². The fourth-order valence-electron chi connectivity index (χ4n) is 2.41. The van der Waals surface area contributed by atoms with E-state index in [1.807, 2.05) is 51.4 Å². The zero-order valence-electron chi connectivity index (χ0n) is 14.0. The van der Waals surface area contributed by atoms with E-state index in [9.17, 15) is 4.79 Å². The summed E-state index contributed by atoms with van der Waals surface area (Å²) in [6.45, 7) is 3.91. The molecule has 0 saturated carbocycles. The molecular weight excluding hydrogens is 292 g/mol. The van der Waals surface area contributed by atoms with E-state index in [0.29, 0.717) is 0 Å². The Morgan fingerprint density at radius 3 is 2.78 bits per heavy atom. The van der Waals surface area contributed by atoms with E-state index in [1.165, 1.54) is 0 Å². The summed E-state index contributed by atoms with van der Waals surface area (Å²) in [6, 6.07) is 7.60. The molecule has 0 aliphatic rings. The van der Waals surface area contributed by atoms with E-state index >= 15 is 0 Å². The molecule has 0 aliphatic heterocycles. The number of urea groups is 1. The van der Waals surface area contributed by atoms with Crippen LogP contribution in [0.1, 0.15) is 31.0 Å². The lowest BCUT2D eigenvalue weighted by Gasteiger charge is -2.18. The van der Waals surface area contributed by atoms with E-state index in [2.05, 4.69) is 15.7 Å². The summed E-state index contributed by atoms with van der Waals surface area (Å²) in [4.78, 5) is 12.1. The maximum atomic E-state index is 12.1. The highest BCUT2D eigenvalue weighted by atomic mass is 16.5. The van der Waals surface area contributed by atoms with E-state index < -0.39 is 0 Å². The molecule has 0 fully saturated rings. The van der Waals surface area contributed by atoms with E-state index in [0.717, 1.165) is 23.3 Å². The van der Waals surface area contributed by atoms with Crippen LogP contribution in [0.25, 0.3) is 0 Å². The molecule has 0 bridgehead atoms. The van der Waals surface area contributed by atoms with Crippen molar-refractivity contribution in [3.05, 3.63) is 47.8 Å². The molecule has 2 aromatic rings. The predicted molar refractivity (Wildman–Crippen MR) is 89.5 cm³/mol. The van der Waals surface area contributed by atoms with Crippen LogP contribution in [0.3, 0.4) is 0 Å². The first-order valence-corrected chi connectivity index (χ1v) is 7.66. The number of carbonyl (C=O) groups is 1. The van der Waals surface area contributed by atoms with Gasteiger partial charge in [-0.15, -0.1) is 0 Å². The minimum atomic E-state index is -0.184. The molecule has 0 aliphatic carbocycles. The van der Waals surface area contributed by atoms with Gasteiger partial charge in [0.1, 0.15) is 5.75 Å². The molecule has 6 nitrogen and oxygen atoms in total. The molecule has 2 amide bonds. The van der Waals surface area contributed by atoms with Gasteiger partial charge in [-0.2, -0.15) is 5.10 Å². The summed E-state index contributed by atoms with van der Waals surface area (Å²) in [6.07, 6.45) is 4.39. The summed E-state index contributed by atoms with van der Waals surface area (Å²) in [5.74, 6) is 0.823. The highest BCUT2D eigenvalue weighted by Crippen LogP contribution is 2.14. The molecule has 23 heavy (non-hydrogen) atoms. The highest BCUT2D eigenvalue weighted by molar-refractivity contribution is 5.74. The summed E-state index contributed by atoms with van der Waals surface area (Å²) in [5, 5.41) is 9.99. The van der Waals surface area contributed by atoms with E-state index in [1.54, 1.807) is 18.0 Å². The third-order valence-electron chi connectivity index (χ3n) is 3.63. The number of hydrogen-bond acceptors (Lipinski definition) is 3. The number of aryl methyl sites for hydroxylation is 1. The lowest BCUT2D eigenvalue weighted by atomic mass is 10.1. The smallest absolute Gasteiger partial charge is 0.315 e. The summed E-state index contributed by atoms with van der Waals surface area (Å²) < 4.78 is 6.93. The van der Waals surface area contributed by atoms with Crippen LogP contribution >= 0.6 is 0 Å². The van der Waals surface area contributed by atoms with Crippen molar-refractivity contribution in [3.8, 4) is 5.75 Å². The predicted octanol–water partition coefficient (Wildman–Crippen LogP) is 2.42. The van der Waals surface area contributed by atoms with Gasteiger partial charge in [0.15, 0.2) is 0 Å². The quantitative estimate of drug-likeness (QED) is 0.860. The summed E-state index contributed by atoms with van der Waals surface area (Å²) in [5.41, 5.74) is 2.10. The Kier molecular flexibility index (Phi) is 5.62. The van der Waals surface area contributed by atoms with Gasteiger partial charge >= 0.3 is 6.03 Å². The van der Waals surface area contributed by atoms with Crippen molar-refractivity contribution in [2.75, 3.05) is 7.11 Å². The highest BCUT2D eigenvalue weighted by Gasteiger charge is 2.13. The Bertz CT molecular complexity index is 654. The number of ether oxygens (including phenoxy) is 1. The molecule has 1 aromatic heterocycles. The van der Waals surface area contributed by atoms with Crippen LogP contribution in [0.2, 0.25) is 0 Å². The standard InChI is InChI=1S/C17H24N4O2/c1-12(8-14-6-5-7-16(9-14)23-4)19-17(22)20-13(2)15-10-18-21(3)11-15/h5-7,9-13H,8H2,1-4H3,(H2,19,20,22). The molecule has 0 spiro atoms. The molecule has 0 radical (unpaired) electrons. The van der Waals surface area contributed by atoms with Gasteiger partial charge in [-0.3, -0.25) is 4.68 Å². The zero-order valence-corrected chi connectivity index (χ0v) is 14.0. The van der Waals surface area contributed by atoms with Gasteiger partial charge in [0.25, 0.3) is 0 Å². The first kappa shape index (κ1) is 16.9. The van der Waals surface area contributed by atoms with Crippen LogP contribution in [-0.2, 0) is 13.5 Å². The maximum Gasteiger partial charge on any atom is 0.315 e. The van der Waals surface area contributed by atoms with E-state index in [4.69, 9.17) is 4.74 Å². The number of methoxy groups -OCH3 is 1.